The fourth-order valence-corrected chi connectivity index (χ4v) is 92.6. The van der Waals surface area contributed by atoms with Crippen LogP contribution in [-0.2, 0) is 23.6 Å². The Morgan fingerprint density at radius 2 is 0.608 bits per heavy atom. The van der Waals surface area contributed by atoms with Gasteiger partial charge in [-0.25, -0.2) is 0 Å². The molecule has 11 heteroatoms. The monoisotopic (exact) mass is 892 g/mol. The van der Waals surface area contributed by atoms with Crippen molar-refractivity contribution in [2.45, 2.75) is 27.7 Å². The first-order valence-corrected chi connectivity index (χ1v) is 34.3. The molecule has 0 aliphatic rings. The number of hydrogen-bond acceptors (Lipinski definition) is 8. The fraction of sp³-hybridized carbons (Fsp3) is 0.100. The Morgan fingerprint density at radius 1 is 0.373 bits per heavy atom. The van der Waals surface area contributed by atoms with Crippen LogP contribution in [0.3, 0.4) is 0 Å². The molecule has 0 aromatic heterocycles. The quantitative estimate of drug-likeness (QED) is 0.0791. The molecule has 0 aliphatic heterocycles. The van der Waals surface area contributed by atoms with E-state index in [-0.39, 0.29) is 0 Å². The molecule has 6 rings (SSSR count). The van der Waals surface area contributed by atoms with Crippen LogP contribution in [-0.4, -0.2) is 15.6 Å². The van der Waals surface area contributed by atoms with Crippen LogP contribution in [0.25, 0.3) is 0 Å². The van der Waals surface area contributed by atoms with E-state index in [2.05, 4.69) is 76.2 Å². The first-order valence-electron chi connectivity index (χ1n) is 16.3. The zero-order valence-electron chi connectivity index (χ0n) is 28.7. The Balaban J connectivity index is 1.54. The van der Waals surface area contributed by atoms with Gasteiger partial charge >= 0.3 is 324 Å². The summed E-state index contributed by atoms with van der Waals surface area (Å²) in [4.78, 5) is 0. The van der Waals surface area contributed by atoms with Gasteiger partial charge in [0.2, 0.25) is 0 Å². The molecule has 0 bridgehead atoms. The summed E-state index contributed by atoms with van der Waals surface area (Å²) in [6.07, 6.45) is 0. The third-order valence-corrected chi connectivity index (χ3v) is 70.4. The molecule has 0 heterocycles. The van der Waals surface area contributed by atoms with Crippen LogP contribution < -0.4 is 25.3 Å². The SMILES string of the molecule is Cc1ccc(OP(=S)(Oc2ccc(C)cc2)[S][Sn]([S]P(=S)(Oc2ccc(C)cc2)Oc2ccc(C)cc2)([c]2ccccc2)[c]2ccccc2)cc1. The van der Waals surface area contributed by atoms with Crippen LogP contribution in [0.4, 0.5) is 0 Å². The first-order chi connectivity index (χ1) is 24.5. The van der Waals surface area contributed by atoms with Gasteiger partial charge in [-0.2, -0.15) is 0 Å². The van der Waals surface area contributed by atoms with Crippen molar-refractivity contribution in [2.24, 2.45) is 0 Å². The topological polar surface area (TPSA) is 36.9 Å². The Morgan fingerprint density at radius 3 is 0.843 bits per heavy atom. The van der Waals surface area contributed by atoms with Crippen LogP contribution >= 0.6 is 28.5 Å². The molecule has 0 amide bonds. The van der Waals surface area contributed by atoms with Crippen molar-refractivity contribution in [3.05, 3.63) is 180 Å². The Labute approximate surface area is 320 Å². The molecule has 0 spiro atoms. The number of benzene rings is 6. The maximum absolute atomic E-state index is 6.87. The second-order valence-electron chi connectivity index (χ2n) is 12.0. The molecule has 0 N–H and O–H groups in total. The van der Waals surface area contributed by atoms with Crippen molar-refractivity contribution < 1.29 is 18.1 Å². The standard InChI is InChI=1S/2C14H15O2PS2.2C6H5.Sn/c2*1-11-3-7-13(8-4-11)15-17(18,19)16-14-9-5-12(2)6-10-14;2*1-2-4-6-5-3-1;/h2*3-10H,1-2H3,(H,18,19);2*1-5H;/q;;;;+2/p-2. The number of aryl methyl sites for hydroxylation is 4. The van der Waals surface area contributed by atoms with Gasteiger partial charge in [-0.1, -0.05) is 0 Å². The minimum absolute atomic E-state index is 0.654. The summed E-state index contributed by atoms with van der Waals surface area (Å²) in [5.41, 5.74) is -1.94. The average Bonchev–Trinajstić information content (AvgIpc) is 3.13. The Bertz CT molecular complexity index is 1880. The van der Waals surface area contributed by atoms with E-state index in [9.17, 15) is 0 Å². The minimum atomic E-state index is -4.40. The van der Waals surface area contributed by atoms with Crippen LogP contribution in [0.5, 0.6) is 23.0 Å². The van der Waals surface area contributed by atoms with Crippen LogP contribution in [0, 0.1) is 27.7 Å². The van der Waals surface area contributed by atoms with Crippen LogP contribution in [0.15, 0.2) is 158 Å². The van der Waals surface area contributed by atoms with Crippen molar-refractivity contribution in [3.8, 4) is 23.0 Å². The van der Waals surface area contributed by atoms with E-state index in [1.165, 1.54) is 0 Å². The Hall–Kier alpha value is -2.68. The third kappa shape index (κ3) is 10.3. The van der Waals surface area contributed by atoms with Gasteiger partial charge in [0.25, 0.3) is 0 Å². The fourth-order valence-electron chi connectivity index (χ4n) is 5.05. The van der Waals surface area contributed by atoms with Crippen LogP contribution in [0.2, 0.25) is 0 Å². The average molecular weight is 892 g/mol. The van der Waals surface area contributed by atoms with Crippen molar-refractivity contribution in [3.63, 3.8) is 0 Å². The predicted molar refractivity (Wildman–Crippen MR) is 229 cm³/mol. The van der Waals surface area contributed by atoms with Gasteiger partial charge in [0.15, 0.2) is 0 Å². The second-order valence-corrected chi connectivity index (χ2v) is 49.3. The summed E-state index contributed by atoms with van der Waals surface area (Å²) < 4.78 is 29.8. The summed E-state index contributed by atoms with van der Waals surface area (Å²) in [7, 11) is 3.30. The molecule has 0 aliphatic carbocycles. The van der Waals surface area contributed by atoms with E-state index in [1.807, 2.05) is 109 Å². The van der Waals surface area contributed by atoms with Crippen molar-refractivity contribution in [1.82, 2.24) is 0 Å². The summed E-state index contributed by atoms with van der Waals surface area (Å²) in [5.74, 6) is 2.62. The normalized spacial score (nSPS) is 11.8. The summed E-state index contributed by atoms with van der Waals surface area (Å²) in [6.45, 7) is 8.20. The van der Waals surface area contributed by atoms with E-state index in [1.54, 1.807) is 17.1 Å². The van der Waals surface area contributed by atoms with Gasteiger partial charge in [-0.3, -0.25) is 0 Å². The van der Waals surface area contributed by atoms with Gasteiger partial charge in [-0.05, 0) is 0 Å². The molecule has 0 unspecified atom stereocenters. The molecule has 0 atom stereocenters. The zero-order valence-corrected chi connectivity index (χ0v) is 36.6. The van der Waals surface area contributed by atoms with Gasteiger partial charge in [0, 0.05) is 0 Å². The number of rotatable bonds is 14. The third-order valence-electron chi connectivity index (χ3n) is 7.74. The van der Waals surface area contributed by atoms with Crippen molar-refractivity contribution >= 4 is 74.9 Å². The van der Waals surface area contributed by atoms with E-state index in [0.29, 0.717) is 23.0 Å². The predicted octanol–water partition coefficient (Wildman–Crippen LogP) is 11.7. The maximum atomic E-state index is 6.87. The molecule has 4 nitrogen and oxygen atoms in total. The first kappa shape index (κ1) is 38.1. The molecule has 6 aromatic rings. The molecule has 260 valence electrons. The van der Waals surface area contributed by atoms with Gasteiger partial charge < -0.3 is 0 Å². The van der Waals surface area contributed by atoms with E-state index < -0.39 is 27.0 Å². The van der Waals surface area contributed by atoms with Crippen LogP contribution in [0.1, 0.15) is 22.3 Å². The molecule has 0 saturated heterocycles. The Kier molecular flexibility index (Phi) is 12.7. The van der Waals surface area contributed by atoms with Crippen molar-refractivity contribution in [1.29, 1.82) is 0 Å². The molecular weight excluding hydrogens is 853 g/mol. The van der Waals surface area contributed by atoms with Gasteiger partial charge in [-0.15, -0.1) is 0 Å². The molecule has 0 saturated carbocycles. The zero-order chi connectivity index (χ0) is 35.9. The van der Waals surface area contributed by atoms with Gasteiger partial charge in [0.05, 0.1) is 0 Å². The second kappa shape index (κ2) is 17.0. The summed E-state index contributed by atoms with van der Waals surface area (Å²) in [6, 6.07) is 52.9. The molecule has 6 aromatic carbocycles. The van der Waals surface area contributed by atoms with E-state index >= 15 is 0 Å². The molecule has 0 fully saturated rings. The molecular formula is C40H38O4P2S4Sn. The summed E-state index contributed by atoms with van der Waals surface area (Å²) >= 11 is 8.84. The van der Waals surface area contributed by atoms with E-state index in [4.69, 9.17) is 41.7 Å². The van der Waals surface area contributed by atoms with Gasteiger partial charge in [0.1, 0.15) is 0 Å². The van der Waals surface area contributed by atoms with Crippen molar-refractivity contribution in [2.75, 3.05) is 0 Å². The number of hydrogen-bond donors (Lipinski definition) is 0. The molecule has 51 heavy (non-hydrogen) atoms. The molecule has 0 radical (unpaired) electrons. The van der Waals surface area contributed by atoms with E-state index in [0.717, 1.165) is 29.4 Å². The summed E-state index contributed by atoms with van der Waals surface area (Å²) in [5, 5.41) is 0.